The van der Waals surface area contributed by atoms with Crippen LogP contribution in [0.4, 0.5) is 0 Å². The van der Waals surface area contributed by atoms with Gasteiger partial charge in [0.1, 0.15) is 6.10 Å². The summed E-state index contributed by atoms with van der Waals surface area (Å²) >= 11 is 0. The zero-order valence-corrected chi connectivity index (χ0v) is 9.76. The molecule has 0 amide bonds. The standard InChI is InChI=1S/C15H16O2/c1-2-6-14-11-13(15(16)17-14)10-9-12-7-4-3-5-8-12/h2-5,7-8,11,14H,1,6,9-10H2. The lowest BCUT2D eigenvalue weighted by molar-refractivity contribution is -0.139. The second-order valence-corrected chi connectivity index (χ2v) is 4.15. The van der Waals surface area contributed by atoms with E-state index in [1.165, 1.54) is 5.56 Å². The summed E-state index contributed by atoms with van der Waals surface area (Å²) in [6, 6.07) is 10.2. The molecule has 0 aromatic heterocycles. The molecule has 1 aliphatic heterocycles. The van der Waals surface area contributed by atoms with Crippen molar-refractivity contribution in [3.05, 3.63) is 60.2 Å². The number of ether oxygens (including phenoxy) is 1. The second-order valence-electron chi connectivity index (χ2n) is 4.15. The number of carbonyl (C=O) groups excluding carboxylic acids is 1. The first-order valence-electron chi connectivity index (χ1n) is 5.86. The molecule has 0 aliphatic carbocycles. The van der Waals surface area contributed by atoms with Crippen molar-refractivity contribution in [1.29, 1.82) is 0 Å². The van der Waals surface area contributed by atoms with E-state index in [1.54, 1.807) is 6.08 Å². The predicted molar refractivity (Wildman–Crippen MR) is 67.5 cm³/mol. The van der Waals surface area contributed by atoms with Gasteiger partial charge in [0.2, 0.25) is 0 Å². The van der Waals surface area contributed by atoms with E-state index < -0.39 is 0 Å². The topological polar surface area (TPSA) is 26.3 Å². The van der Waals surface area contributed by atoms with Crippen molar-refractivity contribution in [3.63, 3.8) is 0 Å². The van der Waals surface area contributed by atoms with Crippen molar-refractivity contribution >= 4 is 5.97 Å². The quantitative estimate of drug-likeness (QED) is 0.572. The fraction of sp³-hybridized carbons (Fsp3) is 0.267. The average molecular weight is 228 g/mol. The van der Waals surface area contributed by atoms with Gasteiger partial charge in [-0.25, -0.2) is 4.79 Å². The van der Waals surface area contributed by atoms with Gasteiger partial charge in [-0.2, -0.15) is 0 Å². The minimum atomic E-state index is -0.173. The summed E-state index contributed by atoms with van der Waals surface area (Å²) in [5, 5.41) is 0. The zero-order valence-electron chi connectivity index (χ0n) is 9.76. The zero-order chi connectivity index (χ0) is 12.1. The molecule has 1 heterocycles. The summed E-state index contributed by atoms with van der Waals surface area (Å²) in [6.45, 7) is 3.65. The molecule has 0 bridgehead atoms. The molecule has 0 spiro atoms. The first kappa shape index (κ1) is 11.6. The number of cyclic esters (lactones) is 1. The van der Waals surface area contributed by atoms with E-state index in [0.717, 1.165) is 18.4 Å². The van der Waals surface area contributed by atoms with Gasteiger partial charge in [0, 0.05) is 12.0 Å². The normalized spacial score (nSPS) is 18.7. The molecule has 0 saturated heterocycles. The fourth-order valence-corrected chi connectivity index (χ4v) is 1.93. The molecule has 1 aromatic carbocycles. The Kier molecular flexibility index (Phi) is 3.76. The van der Waals surface area contributed by atoms with Gasteiger partial charge < -0.3 is 4.74 Å². The van der Waals surface area contributed by atoms with Crippen LogP contribution in [-0.2, 0) is 16.0 Å². The van der Waals surface area contributed by atoms with E-state index in [-0.39, 0.29) is 12.1 Å². The number of hydrogen-bond donors (Lipinski definition) is 0. The van der Waals surface area contributed by atoms with E-state index >= 15 is 0 Å². The molecular formula is C15H16O2. The van der Waals surface area contributed by atoms with Crippen molar-refractivity contribution in [2.75, 3.05) is 0 Å². The second kappa shape index (κ2) is 5.48. The van der Waals surface area contributed by atoms with Gasteiger partial charge in [0.05, 0.1) is 0 Å². The highest BCUT2D eigenvalue weighted by molar-refractivity contribution is 5.90. The summed E-state index contributed by atoms with van der Waals surface area (Å²) < 4.78 is 5.20. The molecule has 0 fully saturated rings. The number of hydrogen-bond acceptors (Lipinski definition) is 2. The van der Waals surface area contributed by atoms with Crippen molar-refractivity contribution in [3.8, 4) is 0 Å². The molecular weight excluding hydrogens is 212 g/mol. The smallest absolute Gasteiger partial charge is 0.334 e. The fourth-order valence-electron chi connectivity index (χ4n) is 1.93. The van der Waals surface area contributed by atoms with Gasteiger partial charge in [-0.3, -0.25) is 0 Å². The number of benzene rings is 1. The predicted octanol–water partition coefficient (Wildman–Crippen LogP) is 3.05. The number of rotatable bonds is 5. The van der Waals surface area contributed by atoms with Crippen LogP contribution >= 0.6 is 0 Å². The van der Waals surface area contributed by atoms with Gasteiger partial charge >= 0.3 is 5.97 Å². The van der Waals surface area contributed by atoms with E-state index in [9.17, 15) is 4.79 Å². The summed E-state index contributed by atoms with van der Waals surface area (Å²) in [4.78, 5) is 11.6. The lowest BCUT2D eigenvalue weighted by atomic mass is 10.0. The Morgan fingerprint density at radius 2 is 2.00 bits per heavy atom. The Balaban J connectivity index is 1.93. The molecule has 2 rings (SSSR count). The summed E-state index contributed by atoms with van der Waals surface area (Å²) in [5.74, 6) is -0.173. The van der Waals surface area contributed by atoms with Crippen LogP contribution in [0.25, 0.3) is 0 Å². The van der Waals surface area contributed by atoms with Crippen LogP contribution in [0.3, 0.4) is 0 Å². The number of aryl methyl sites for hydroxylation is 1. The molecule has 1 aromatic rings. The third kappa shape index (κ3) is 3.06. The molecule has 2 heteroatoms. The highest BCUT2D eigenvalue weighted by Gasteiger charge is 2.23. The Hall–Kier alpha value is -1.83. The molecule has 1 atom stereocenters. The van der Waals surface area contributed by atoms with Crippen LogP contribution in [0, 0.1) is 0 Å². The van der Waals surface area contributed by atoms with E-state index in [0.29, 0.717) is 6.42 Å². The van der Waals surface area contributed by atoms with Gasteiger partial charge in [-0.05, 0) is 24.5 Å². The first-order chi connectivity index (χ1) is 8.29. The minimum Gasteiger partial charge on any atom is -0.454 e. The lowest BCUT2D eigenvalue weighted by Gasteiger charge is -2.03. The largest absolute Gasteiger partial charge is 0.454 e. The van der Waals surface area contributed by atoms with Crippen LogP contribution in [-0.4, -0.2) is 12.1 Å². The molecule has 0 N–H and O–H groups in total. The SMILES string of the molecule is C=CCC1C=C(CCc2ccccc2)C(=O)O1. The van der Waals surface area contributed by atoms with Crippen LogP contribution in [0.15, 0.2) is 54.6 Å². The third-order valence-electron chi connectivity index (χ3n) is 2.83. The summed E-state index contributed by atoms with van der Waals surface area (Å²) in [6.07, 6.45) is 5.91. The summed E-state index contributed by atoms with van der Waals surface area (Å²) in [7, 11) is 0. The minimum absolute atomic E-state index is 0.106. The van der Waals surface area contributed by atoms with E-state index in [4.69, 9.17) is 4.74 Å². The van der Waals surface area contributed by atoms with Crippen LogP contribution < -0.4 is 0 Å². The van der Waals surface area contributed by atoms with Crippen LogP contribution in [0.5, 0.6) is 0 Å². The molecule has 88 valence electrons. The monoisotopic (exact) mass is 228 g/mol. The van der Waals surface area contributed by atoms with Crippen molar-refractivity contribution in [2.24, 2.45) is 0 Å². The van der Waals surface area contributed by atoms with Crippen molar-refractivity contribution in [1.82, 2.24) is 0 Å². The molecule has 0 saturated carbocycles. The average Bonchev–Trinajstić information content (AvgIpc) is 2.69. The van der Waals surface area contributed by atoms with Crippen molar-refractivity contribution < 1.29 is 9.53 Å². The Morgan fingerprint density at radius 1 is 1.24 bits per heavy atom. The summed E-state index contributed by atoms with van der Waals surface area (Å²) in [5.41, 5.74) is 2.04. The highest BCUT2D eigenvalue weighted by atomic mass is 16.5. The van der Waals surface area contributed by atoms with Crippen LogP contribution in [0.2, 0.25) is 0 Å². The van der Waals surface area contributed by atoms with E-state index in [1.807, 2.05) is 24.3 Å². The van der Waals surface area contributed by atoms with Crippen molar-refractivity contribution in [2.45, 2.75) is 25.4 Å². The molecule has 1 aliphatic rings. The van der Waals surface area contributed by atoms with Gasteiger partial charge in [-0.1, -0.05) is 36.4 Å². The maximum atomic E-state index is 11.6. The van der Waals surface area contributed by atoms with Gasteiger partial charge in [0.15, 0.2) is 0 Å². The van der Waals surface area contributed by atoms with Crippen LogP contribution in [0.1, 0.15) is 18.4 Å². The Morgan fingerprint density at radius 3 is 2.71 bits per heavy atom. The Bertz CT molecular complexity index is 431. The van der Waals surface area contributed by atoms with Gasteiger partial charge in [-0.15, -0.1) is 6.58 Å². The number of carbonyl (C=O) groups is 1. The molecule has 2 nitrogen and oxygen atoms in total. The lowest BCUT2D eigenvalue weighted by Crippen LogP contribution is -2.07. The molecule has 1 unspecified atom stereocenters. The first-order valence-corrected chi connectivity index (χ1v) is 5.86. The Labute approximate surface area is 102 Å². The highest BCUT2D eigenvalue weighted by Crippen LogP contribution is 2.20. The van der Waals surface area contributed by atoms with Gasteiger partial charge in [0.25, 0.3) is 0 Å². The third-order valence-corrected chi connectivity index (χ3v) is 2.83. The van der Waals surface area contributed by atoms with E-state index in [2.05, 4.69) is 18.7 Å². The maximum Gasteiger partial charge on any atom is 0.334 e. The maximum absolute atomic E-state index is 11.6. The molecule has 0 radical (unpaired) electrons. The molecule has 17 heavy (non-hydrogen) atoms. The number of esters is 1.